The van der Waals surface area contributed by atoms with Crippen LogP contribution in [0, 0.1) is 5.82 Å². The smallest absolute Gasteiger partial charge is 0.253 e. The first-order chi connectivity index (χ1) is 16.5. The highest BCUT2D eigenvalue weighted by atomic mass is 19.1. The maximum atomic E-state index is 13.4. The molecule has 3 heterocycles. The third-order valence-corrected chi connectivity index (χ3v) is 6.59. The zero-order valence-corrected chi connectivity index (χ0v) is 19.4. The van der Waals surface area contributed by atoms with Crippen LogP contribution in [0.4, 0.5) is 4.39 Å². The summed E-state index contributed by atoms with van der Waals surface area (Å²) < 4.78 is 15.1. The standard InChI is InChI=1S/C25H28FN7O/c1-3-17-6-9-22-19(14-17)15-21(25(34)27-22)23(32-12-10-31(2)11-13-32)24-28-29-30-33(24)16-18-4-7-20(26)8-5-18/h4-9,14-15,23H,3,10-13,16H2,1-2H3,(H,27,34)/t23-/m0/s1. The molecule has 1 N–H and O–H groups in total. The maximum Gasteiger partial charge on any atom is 0.253 e. The minimum Gasteiger partial charge on any atom is -0.322 e. The van der Waals surface area contributed by atoms with E-state index in [1.807, 2.05) is 18.2 Å². The predicted molar refractivity (Wildman–Crippen MR) is 128 cm³/mol. The van der Waals surface area contributed by atoms with Crippen LogP contribution in [-0.4, -0.2) is 68.2 Å². The SMILES string of the molecule is CCc1ccc2[nH]c(=O)c([C@@H](c3nnnn3Cc3ccc(F)cc3)N3CCN(C)CC3)cc2c1. The lowest BCUT2D eigenvalue weighted by molar-refractivity contribution is 0.121. The fraction of sp³-hybridized carbons (Fsp3) is 0.360. The zero-order valence-electron chi connectivity index (χ0n) is 19.4. The quantitative estimate of drug-likeness (QED) is 0.475. The van der Waals surface area contributed by atoms with E-state index >= 15 is 0 Å². The minimum absolute atomic E-state index is 0.142. The number of nitrogens with zero attached hydrogens (tertiary/aromatic N) is 6. The van der Waals surface area contributed by atoms with Crippen LogP contribution >= 0.6 is 0 Å². The molecule has 0 spiro atoms. The Hall–Kier alpha value is -3.43. The minimum atomic E-state index is -0.400. The number of likely N-dealkylation sites (N-methyl/N-ethyl adjacent to an activating group) is 1. The summed E-state index contributed by atoms with van der Waals surface area (Å²) in [5.74, 6) is 0.315. The van der Waals surface area contributed by atoms with E-state index in [9.17, 15) is 9.18 Å². The number of fused-ring (bicyclic) bond motifs is 1. The Balaban J connectivity index is 1.60. The maximum absolute atomic E-state index is 13.4. The number of piperazine rings is 1. The van der Waals surface area contributed by atoms with Gasteiger partial charge in [0.15, 0.2) is 5.82 Å². The molecule has 4 aromatic rings. The summed E-state index contributed by atoms with van der Waals surface area (Å²) in [4.78, 5) is 20.9. The molecule has 0 radical (unpaired) electrons. The van der Waals surface area contributed by atoms with Gasteiger partial charge in [0.1, 0.15) is 11.9 Å². The van der Waals surface area contributed by atoms with Gasteiger partial charge in [-0.2, -0.15) is 0 Å². The van der Waals surface area contributed by atoms with Crippen LogP contribution in [-0.2, 0) is 13.0 Å². The largest absolute Gasteiger partial charge is 0.322 e. The lowest BCUT2D eigenvalue weighted by Crippen LogP contribution is -2.47. The Bertz CT molecular complexity index is 1340. The predicted octanol–water partition coefficient (Wildman–Crippen LogP) is 2.60. The first-order valence-corrected chi connectivity index (χ1v) is 11.6. The van der Waals surface area contributed by atoms with Crippen LogP contribution in [0.1, 0.15) is 35.5 Å². The van der Waals surface area contributed by atoms with Gasteiger partial charge < -0.3 is 9.88 Å². The monoisotopic (exact) mass is 461 g/mol. The van der Waals surface area contributed by atoms with Gasteiger partial charge in [-0.3, -0.25) is 9.69 Å². The molecule has 0 amide bonds. The molecule has 1 atom stereocenters. The molecule has 0 unspecified atom stereocenters. The Labute approximate surface area is 197 Å². The van der Waals surface area contributed by atoms with Crippen LogP contribution < -0.4 is 5.56 Å². The van der Waals surface area contributed by atoms with E-state index in [1.165, 1.54) is 17.7 Å². The van der Waals surface area contributed by atoms with Crippen molar-refractivity contribution in [2.45, 2.75) is 25.9 Å². The number of nitrogens with one attached hydrogen (secondary N) is 1. The van der Waals surface area contributed by atoms with Gasteiger partial charge in [0.2, 0.25) is 0 Å². The lowest BCUT2D eigenvalue weighted by atomic mass is 10.0. The van der Waals surface area contributed by atoms with Gasteiger partial charge in [-0.05, 0) is 70.7 Å². The van der Waals surface area contributed by atoms with Crippen molar-refractivity contribution in [2.24, 2.45) is 0 Å². The first-order valence-electron chi connectivity index (χ1n) is 11.6. The molecule has 9 heteroatoms. The van der Waals surface area contributed by atoms with E-state index in [4.69, 9.17) is 0 Å². The van der Waals surface area contributed by atoms with Crippen molar-refractivity contribution in [3.05, 3.63) is 87.2 Å². The Morgan fingerprint density at radius 2 is 1.76 bits per heavy atom. The number of halogens is 1. The van der Waals surface area contributed by atoms with Gasteiger partial charge in [-0.15, -0.1) is 5.10 Å². The molecule has 1 saturated heterocycles. The van der Waals surface area contributed by atoms with Gasteiger partial charge in [0, 0.05) is 37.3 Å². The molecule has 176 valence electrons. The Morgan fingerprint density at radius 1 is 1.03 bits per heavy atom. The van der Waals surface area contributed by atoms with Crippen LogP contribution in [0.2, 0.25) is 0 Å². The molecular formula is C25H28FN7O. The van der Waals surface area contributed by atoms with Crippen molar-refractivity contribution < 1.29 is 4.39 Å². The summed E-state index contributed by atoms with van der Waals surface area (Å²) in [5.41, 5.74) is 3.39. The molecule has 0 saturated carbocycles. The summed E-state index contributed by atoms with van der Waals surface area (Å²) in [6, 6.07) is 14.0. The highest BCUT2D eigenvalue weighted by Gasteiger charge is 2.32. The van der Waals surface area contributed by atoms with Gasteiger partial charge in [0.05, 0.1) is 6.54 Å². The lowest BCUT2D eigenvalue weighted by Gasteiger charge is -2.37. The summed E-state index contributed by atoms with van der Waals surface area (Å²) in [6.45, 7) is 5.86. The highest BCUT2D eigenvalue weighted by molar-refractivity contribution is 5.80. The van der Waals surface area contributed by atoms with Crippen LogP contribution in [0.3, 0.4) is 0 Å². The molecule has 0 aliphatic carbocycles. The van der Waals surface area contributed by atoms with Gasteiger partial charge >= 0.3 is 0 Å². The van der Waals surface area contributed by atoms with Gasteiger partial charge in [0.25, 0.3) is 5.56 Å². The highest BCUT2D eigenvalue weighted by Crippen LogP contribution is 2.28. The number of hydrogen-bond donors (Lipinski definition) is 1. The summed E-state index contributed by atoms with van der Waals surface area (Å²) in [6.07, 6.45) is 0.919. The van der Waals surface area contributed by atoms with E-state index in [2.05, 4.69) is 50.3 Å². The third kappa shape index (κ3) is 4.49. The van der Waals surface area contributed by atoms with Crippen molar-refractivity contribution >= 4 is 10.9 Å². The molecule has 34 heavy (non-hydrogen) atoms. The van der Waals surface area contributed by atoms with E-state index in [0.29, 0.717) is 17.9 Å². The number of pyridine rings is 1. The average Bonchev–Trinajstić information content (AvgIpc) is 3.29. The number of H-pyrrole nitrogens is 1. The number of aromatic amines is 1. The summed E-state index contributed by atoms with van der Waals surface area (Å²) >= 11 is 0. The number of benzene rings is 2. The Kier molecular flexibility index (Phi) is 6.21. The first kappa shape index (κ1) is 22.4. The third-order valence-electron chi connectivity index (χ3n) is 6.59. The second-order valence-electron chi connectivity index (χ2n) is 8.89. The summed E-state index contributed by atoms with van der Waals surface area (Å²) in [5, 5.41) is 13.5. The molecular weight excluding hydrogens is 433 g/mol. The van der Waals surface area contributed by atoms with E-state index in [0.717, 1.165) is 49.1 Å². The molecule has 1 aliphatic heterocycles. The van der Waals surface area contributed by atoms with Crippen LogP contribution in [0.25, 0.3) is 10.9 Å². The normalized spacial score (nSPS) is 16.2. The molecule has 2 aromatic carbocycles. The molecule has 5 rings (SSSR count). The molecule has 1 aliphatic rings. The van der Waals surface area contributed by atoms with Crippen molar-refractivity contribution in [2.75, 3.05) is 33.2 Å². The van der Waals surface area contributed by atoms with Crippen LogP contribution in [0.5, 0.6) is 0 Å². The molecule has 2 aromatic heterocycles. The van der Waals surface area contributed by atoms with Crippen molar-refractivity contribution in [3.63, 3.8) is 0 Å². The van der Waals surface area contributed by atoms with E-state index in [-0.39, 0.29) is 11.4 Å². The second kappa shape index (κ2) is 9.44. The Morgan fingerprint density at radius 3 is 2.50 bits per heavy atom. The molecule has 0 bridgehead atoms. The average molecular weight is 462 g/mol. The second-order valence-corrected chi connectivity index (χ2v) is 8.89. The number of hydrogen-bond acceptors (Lipinski definition) is 6. The fourth-order valence-electron chi connectivity index (χ4n) is 4.56. The van der Waals surface area contributed by atoms with Crippen molar-refractivity contribution in [1.82, 2.24) is 35.0 Å². The van der Waals surface area contributed by atoms with Gasteiger partial charge in [-0.1, -0.05) is 25.1 Å². The van der Waals surface area contributed by atoms with Crippen molar-refractivity contribution in [3.8, 4) is 0 Å². The van der Waals surface area contributed by atoms with E-state index in [1.54, 1.807) is 16.8 Å². The molecule has 8 nitrogen and oxygen atoms in total. The number of aromatic nitrogens is 5. The van der Waals surface area contributed by atoms with Crippen molar-refractivity contribution in [1.29, 1.82) is 0 Å². The van der Waals surface area contributed by atoms with Gasteiger partial charge in [-0.25, -0.2) is 9.07 Å². The molecule has 1 fully saturated rings. The zero-order chi connectivity index (χ0) is 23.7. The number of aryl methyl sites for hydroxylation is 1. The van der Waals surface area contributed by atoms with E-state index < -0.39 is 6.04 Å². The van der Waals surface area contributed by atoms with Crippen LogP contribution in [0.15, 0.2) is 53.3 Å². The fourth-order valence-corrected chi connectivity index (χ4v) is 4.56. The topological polar surface area (TPSA) is 82.9 Å². The number of rotatable bonds is 6. The summed E-state index contributed by atoms with van der Waals surface area (Å²) in [7, 11) is 2.10. The number of tetrazole rings is 1.